The predicted molar refractivity (Wildman–Crippen MR) is 57.2 cm³/mol. The van der Waals surface area contributed by atoms with E-state index in [2.05, 4.69) is 26.2 Å². The number of aromatic nitrogens is 1. The zero-order valence-corrected chi connectivity index (χ0v) is 9.74. The van der Waals surface area contributed by atoms with Crippen molar-refractivity contribution >= 4 is 33.6 Å². The number of pyridine rings is 1. The molecule has 2 rings (SSSR count). The molecule has 1 aliphatic heterocycles. The standard InChI is InChI=1S/C9H7BrN2O4/c1-9(7(13)14)8(15)16-6-5(12-9)2-4(10)3-11-6/h2-3,12H,1H3,(H,13,14). The molecule has 0 radical (unpaired) electrons. The van der Waals surface area contributed by atoms with E-state index in [0.717, 1.165) is 0 Å². The highest BCUT2D eigenvalue weighted by atomic mass is 79.9. The number of nitrogens with zero attached hydrogens (tertiary/aromatic N) is 1. The molecular formula is C9H7BrN2O4. The number of ether oxygens (including phenoxy) is 1. The van der Waals surface area contributed by atoms with E-state index in [0.29, 0.717) is 10.2 Å². The SMILES string of the molecule is CC1(C(=O)O)Nc2cc(Br)cnc2OC1=O. The van der Waals surface area contributed by atoms with Gasteiger partial charge in [-0.25, -0.2) is 14.6 Å². The van der Waals surface area contributed by atoms with E-state index in [1.54, 1.807) is 6.07 Å². The van der Waals surface area contributed by atoms with Crippen LogP contribution in [0.4, 0.5) is 5.69 Å². The quantitative estimate of drug-likeness (QED) is 0.592. The molecular weight excluding hydrogens is 280 g/mol. The minimum Gasteiger partial charge on any atom is -0.479 e. The fraction of sp³-hybridized carbons (Fsp3) is 0.222. The van der Waals surface area contributed by atoms with Crippen molar-refractivity contribution in [3.05, 3.63) is 16.7 Å². The smallest absolute Gasteiger partial charge is 0.350 e. The molecule has 1 atom stereocenters. The van der Waals surface area contributed by atoms with Gasteiger partial charge in [0.1, 0.15) is 5.69 Å². The van der Waals surface area contributed by atoms with Crippen molar-refractivity contribution in [3.8, 4) is 5.88 Å². The molecule has 0 saturated heterocycles. The van der Waals surface area contributed by atoms with E-state index in [-0.39, 0.29) is 5.88 Å². The Morgan fingerprint density at radius 1 is 1.69 bits per heavy atom. The largest absolute Gasteiger partial charge is 0.479 e. The number of carboxylic acid groups (broad SMARTS) is 1. The summed E-state index contributed by atoms with van der Waals surface area (Å²) in [6.07, 6.45) is 1.46. The Labute approximate surface area is 98.8 Å². The van der Waals surface area contributed by atoms with Gasteiger partial charge in [0.15, 0.2) is 0 Å². The number of nitrogens with one attached hydrogen (secondary N) is 1. The molecule has 0 aliphatic carbocycles. The van der Waals surface area contributed by atoms with Gasteiger partial charge < -0.3 is 15.2 Å². The van der Waals surface area contributed by atoms with Crippen molar-refractivity contribution < 1.29 is 19.4 Å². The van der Waals surface area contributed by atoms with Crippen molar-refractivity contribution in [2.45, 2.75) is 12.5 Å². The summed E-state index contributed by atoms with van der Waals surface area (Å²) in [7, 11) is 0. The van der Waals surface area contributed by atoms with Gasteiger partial charge in [-0.1, -0.05) is 0 Å². The molecule has 1 aromatic heterocycles. The molecule has 0 fully saturated rings. The number of rotatable bonds is 1. The van der Waals surface area contributed by atoms with Crippen molar-refractivity contribution in [1.82, 2.24) is 4.98 Å². The maximum Gasteiger partial charge on any atom is 0.350 e. The summed E-state index contributed by atoms with van der Waals surface area (Å²) in [5.74, 6) is -2.11. The first-order valence-corrected chi connectivity index (χ1v) is 5.12. The lowest BCUT2D eigenvalue weighted by Gasteiger charge is -2.29. The molecule has 0 spiro atoms. The van der Waals surface area contributed by atoms with Crippen LogP contribution in [0.25, 0.3) is 0 Å². The molecule has 7 heteroatoms. The molecule has 0 aromatic carbocycles. The molecule has 2 N–H and O–H groups in total. The lowest BCUT2D eigenvalue weighted by molar-refractivity contribution is -0.153. The molecule has 0 amide bonds. The highest BCUT2D eigenvalue weighted by Gasteiger charge is 2.47. The summed E-state index contributed by atoms with van der Waals surface area (Å²) in [4.78, 5) is 26.3. The summed E-state index contributed by atoms with van der Waals surface area (Å²) in [5.41, 5.74) is -1.42. The average Bonchev–Trinajstić information content (AvgIpc) is 2.20. The fourth-order valence-electron chi connectivity index (χ4n) is 1.25. The second-order valence-electron chi connectivity index (χ2n) is 3.45. The third-order valence-electron chi connectivity index (χ3n) is 2.23. The Morgan fingerprint density at radius 2 is 2.38 bits per heavy atom. The number of aliphatic carboxylic acids is 1. The van der Waals surface area contributed by atoms with Crippen molar-refractivity contribution in [2.24, 2.45) is 0 Å². The third kappa shape index (κ3) is 1.53. The minimum absolute atomic E-state index is 0.0759. The Bertz CT molecular complexity index is 490. The number of anilines is 1. The average molecular weight is 287 g/mol. The van der Waals surface area contributed by atoms with Gasteiger partial charge in [-0.2, -0.15) is 0 Å². The van der Waals surface area contributed by atoms with E-state index in [1.807, 2.05) is 0 Å². The fourth-order valence-corrected chi connectivity index (χ4v) is 1.58. The maximum absolute atomic E-state index is 11.5. The summed E-state index contributed by atoms with van der Waals surface area (Å²) < 4.78 is 5.51. The first-order valence-electron chi connectivity index (χ1n) is 4.33. The molecule has 2 heterocycles. The van der Waals surface area contributed by atoms with Crippen LogP contribution < -0.4 is 10.1 Å². The summed E-state index contributed by atoms with van der Waals surface area (Å²) in [6.45, 7) is 1.24. The normalized spacial score (nSPS) is 23.0. The van der Waals surface area contributed by atoms with E-state index < -0.39 is 17.5 Å². The Kier molecular flexibility index (Phi) is 2.34. The summed E-state index contributed by atoms with van der Waals surface area (Å²) in [6, 6.07) is 1.59. The Hall–Kier alpha value is -1.63. The van der Waals surface area contributed by atoms with Gasteiger partial charge in [-0.15, -0.1) is 0 Å². The summed E-state index contributed by atoms with van der Waals surface area (Å²) >= 11 is 3.19. The second kappa shape index (κ2) is 3.44. The number of halogens is 1. The number of carbonyl (C=O) groups is 2. The molecule has 1 aromatic rings. The van der Waals surface area contributed by atoms with Gasteiger partial charge >= 0.3 is 11.9 Å². The molecule has 0 bridgehead atoms. The monoisotopic (exact) mass is 286 g/mol. The van der Waals surface area contributed by atoms with Crippen LogP contribution in [0.15, 0.2) is 16.7 Å². The maximum atomic E-state index is 11.5. The first kappa shape index (κ1) is 10.9. The van der Waals surface area contributed by atoms with Crippen molar-refractivity contribution in [3.63, 3.8) is 0 Å². The molecule has 1 unspecified atom stereocenters. The van der Waals surface area contributed by atoms with Gasteiger partial charge in [0.05, 0.1) is 0 Å². The van der Waals surface area contributed by atoms with Crippen molar-refractivity contribution in [1.29, 1.82) is 0 Å². The predicted octanol–water partition coefficient (Wildman–Crippen LogP) is 1.02. The van der Waals surface area contributed by atoms with E-state index in [4.69, 9.17) is 9.84 Å². The zero-order valence-electron chi connectivity index (χ0n) is 8.15. The lowest BCUT2D eigenvalue weighted by atomic mass is 10.0. The Morgan fingerprint density at radius 3 is 3.00 bits per heavy atom. The van der Waals surface area contributed by atoms with Gasteiger partial charge in [0, 0.05) is 10.7 Å². The summed E-state index contributed by atoms with van der Waals surface area (Å²) in [5, 5.41) is 11.6. The number of fused-ring (bicyclic) bond motifs is 1. The molecule has 1 aliphatic rings. The number of carboxylic acids is 1. The number of hydrogen-bond acceptors (Lipinski definition) is 5. The number of esters is 1. The van der Waals surface area contributed by atoms with E-state index in [1.165, 1.54) is 13.1 Å². The highest BCUT2D eigenvalue weighted by Crippen LogP contribution is 2.33. The van der Waals surface area contributed by atoms with Crippen LogP contribution in [0.3, 0.4) is 0 Å². The lowest BCUT2D eigenvalue weighted by Crippen LogP contribution is -2.55. The van der Waals surface area contributed by atoms with Gasteiger partial charge in [-0.3, -0.25) is 0 Å². The minimum atomic E-state index is -1.78. The topological polar surface area (TPSA) is 88.5 Å². The van der Waals surface area contributed by atoms with Crippen LogP contribution in [0.5, 0.6) is 5.88 Å². The van der Waals surface area contributed by atoms with Crippen molar-refractivity contribution in [2.75, 3.05) is 5.32 Å². The van der Waals surface area contributed by atoms with Crippen LogP contribution in [-0.2, 0) is 9.59 Å². The van der Waals surface area contributed by atoms with Gasteiger partial charge in [0.25, 0.3) is 0 Å². The zero-order chi connectivity index (χ0) is 11.9. The highest BCUT2D eigenvalue weighted by molar-refractivity contribution is 9.10. The van der Waals surface area contributed by atoms with E-state index in [9.17, 15) is 9.59 Å². The van der Waals surface area contributed by atoms with Gasteiger partial charge in [-0.05, 0) is 28.9 Å². The van der Waals surface area contributed by atoms with Crippen LogP contribution in [0.1, 0.15) is 6.92 Å². The van der Waals surface area contributed by atoms with Crippen LogP contribution >= 0.6 is 15.9 Å². The molecule has 0 saturated carbocycles. The van der Waals surface area contributed by atoms with Crippen LogP contribution in [0.2, 0.25) is 0 Å². The number of carbonyl (C=O) groups excluding carboxylic acids is 1. The van der Waals surface area contributed by atoms with Gasteiger partial charge in [0.2, 0.25) is 11.4 Å². The molecule has 6 nitrogen and oxygen atoms in total. The van der Waals surface area contributed by atoms with Crippen LogP contribution in [0, 0.1) is 0 Å². The third-order valence-corrected chi connectivity index (χ3v) is 2.66. The molecule has 16 heavy (non-hydrogen) atoms. The van der Waals surface area contributed by atoms with E-state index >= 15 is 0 Å². The van der Waals surface area contributed by atoms with Crippen LogP contribution in [-0.4, -0.2) is 27.6 Å². The number of hydrogen-bond donors (Lipinski definition) is 2. The second-order valence-corrected chi connectivity index (χ2v) is 4.37. The first-order chi connectivity index (χ1) is 7.43. The Balaban J connectivity index is 2.48. The molecule has 84 valence electrons.